The summed E-state index contributed by atoms with van der Waals surface area (Å²) in [6.07, 6.45) is 15.9. The monoisotopic (exact) mass is 553 g/mol. The van der Waals surface area contributed by atoms with Crippen molar-refractivity contribution in [2.75, 3.05) is 23.7 Å². The molecule has 1 atom stereocenters. The molecule has 2 aliphatic rings. The SMILES string of the molecule is Cc1cc(-c2cn(CCC(C)C3CCCC3)c(C3CCN(c4ncnc(N)c4-c4cccnc4)CC3)n2)ccc1F. The molecule has 4 heterocycles. The molecule has 1 aromatic carbocycles. The minimum atomic E-state index is -0.179. The van der Waals surface area contributed by atoms with Crippen LogP contribution in [0.4, 0.5) is 16.0 Å². The van der Waals surface area contributed by atoms with E-state index in [0.717, 1.165) is 78.8 Å². The van der Waals surface area contributed by atoms with Crippen molar-refractivity contribution < 1.29 is 4.39 Å². The van der Waals surface area contributed by atoms with Gasteiger partial charge in [0.1, 0.15) is 29.6 Å². The molecule has 1 saturated heterocycles. The molecule has 6 rings (SSSR count). The number of imidazole rings is 1. The van der Waals surface area contributed by atoms with Gasteiger partial charge in [-0.15, -0.1) is 0 Å². The fraction of sp³-hybridized carbons (Fsp3) is 0.455. The molecule has 1 unspecified atom stereocenters. The lowest BCUT2D eigenvalue weighted by Gasteiger charge is -2.34. The highest BCUT2D eigenvalue weighted by molar-refractivity contribution is 5.83. The van der Waals surface area contributed by atoms with Crippen LogP contribution in [0.5, 0.6) is 0 Å². The van der Waals surface area contributed by atoms with Gasteiger partial charge >= 0.3 is 0 Å². The molecule has 8 heteroatoms. The summed E-state index contributed by atoms with van der Waals surface area (Å²) in [5, 5.41) is 0. The Labute approximate surface area is 242 Å². The molecule has 4 aromatic rings. The minimum absolute atomic E-state index is 0.179. The van der Waals surface area contributed by atoms with Crippen molar-refractivity contribution >= 4 is 11.6 Å². The number of hydrogen-bond acceptors (Lipinski definition) is 6. The van der Waals surface area contributed by atoms with E-state index >= 15 is 0 Å². The zero-order valence-corrected chi connectivity index (χ0v) is 24.1. The number of hydrogen-bond donors (Lipinski definition) is 1. The molecule has 1 saturated carbocycles. The van der Waals surface area contributed by atoms with Gasteiger partial charge in [0, 0.05) is 55.3 Å². The second-order valence-electron chi connectivity index (χ2n) is 11.9. The quantitative estimate of drug-likeness (QED) is 0.252. The summed E-state index contributed by atoms with van der Waals surface area (Å²) in [6, 6.07) is 9.22. The predicted molar refractivity (Wildman–Crippen MR) is 162 cm³/mol. The second kappa shape index (κ2) is 12.0. The van der Waals surface area contributed by atoms with Gasteiger partial charge in [0.15, 0.2) is 0 Å². The van der Waals surface area contributed by atoms with Crippen LogP contribution in [-0.4, -0.2) is 37.6 Å². The van der Waals surface area contributed by atoms with E-state index < -0.39 is 0 Å². The largest absolute Gasteiger partial charge is 0.383 e. The van der Waals surface area contributed by atoms with Crippen molar-refractivity contribution in [3.63, 3.8) is 0 Å². The number of nitrogens with two attached hydrogens (primary N) is 1. The predicted octanol–water partition coefficient (Wildman–Crippen LogP) is 7.03. The van der Waals surface area contributed by atoms with Crippen molar-refractivity contribution in [2.24, 2.45) is 11.8 Å². The van der Waals surface area contributed by atoms with E-state index in [1.165, 1.54) is 25.7 Å². The van der Waals surface area contributed by atoms with Gasteiger partial charge in [0.2, 0.25) is 0 Å². The summed E-state index contributed by atoms with van der Waals surface area (Å²) in [7, 11) is 0. The maximum Gasteiger partial charge on any atom is 0.142 e. The molecular weight excluding hydrogens is 513 g/mol. The zero-order valence-electron chi connectivity index (χ0n) is 24.1. The zero-order chi connectivity index (χ0) is 28.3. The number of anilines is 2. The summed E-state index contributed by atoms with van der Waals surface area (Å²) < 4.78 is 16.4. The van der Waals surface area contributed by atoms with Gasteiger partial charge in [-0.3, -0.25) is 4.98 Å². The van der Waals surface area contributed by atoms with E-state index in [1.54, 1.807) is 18.6 Å². The lowest BCUT2D eigenvalue weighted by Crippen LogP contribution is -2.35. The molecule has 1 aliphatic heterocycles. The first-order valence-corrected chi connectivity index (χ1v) is 15.1. The average molecular weight is 554 g/mol. The fourth-order valence-corrected chi connectivity index (χ4v) is 6.75. The smallest absolute Gasteiger partial charge is 0.142 e. The summed E-state index contributed by atoms with van der Waals surface area (Å²) in [5.41, 5.74) is 10.7. The first-order valence-electron chi connectivity index (χ1n) is 15.1. The summed E-state index contributed by atoms with van der Waals surface area (Å²) in [6.45, 7) is 6.90. The summed E-state index contributed by atoms with van der Waals surface area (Å²) >= 11 is 0. The van der Waals surface area contributed by atoms with Crippen molar-refractivity contribution in [3.8, 4) is 22.4 Å². The third kappa shape index (κ3) is 5.83. The molecule has 0 bridgehead atoms. The van der Waals surface area contributed by atoms with E-state index in [4.69, 9.17) is 10.7 Å². The fourth-order valence-electron chi connectivity index (χ4n) is 6.75. The van der Waals surface area contributed by atoms with Crippen LogP contribution in [0.3, 0.4) is 0 Å². The van der Waals surface area contributed by atoms with Crippen LogP contribution in [0.1, 0.15) is 69.2 Å². The Morgan fingerprint density at radius 3 is 2.59 bits per heavy atom. The lowest BCUT2D eigenvalue weighted by atomic mass is 9.90. The van der Waals surface area contributed by atoms with Crippen LogP contribution >= 0.6 is 0 Å². The lowest BCUT2D eigenvalue weighted by molar-refractivity contribution is 0.325. The number of piperidine rings is 1. The number of nitrogen functional groups attached to an aromatic ring is 1. The van der Waals surface area contributed by atoms with Crippen LogP contribution in [0, 0.1) is 24.6 Å². The number of pyridine rings is 1. The molecule has 7 nitrogen and oxygen atoms in total. The molecule has 0 amide bonds. The van der Waals surface area contributed by atoms with E-state index in [9.17, 15) is 4.39 Å². The standard InChI is InChI=1S/C33H40FN7/c1-22(24-6-3-4-7-24)11-15-41-20-29(26-9-10-28(34)23(2)18-26)39-32(41)25-12-16-40(17-13-25)33-30(31(35)37-21-38-33)27-8-5-14-36-19-27/h5,8-10,14,18-22,24-25H,3-4,6-7,11-13,15-17H2,1-2H3,(H2,35,37,38). The van der Waals surface area contributed by atoms with Crippen LogP contribution in [0.15, 0.2) is 55.2 Å². The molecule has 2 N–H and O–H groups in total. The van der Waals surface area contributed by atoms with Gasteiger partial charge in [-0.2, -0.15) is 0 Å². The average Bonchev–Trinajstić information content (AvgIpc) is 3.69. The molecule has 1 aliphatic carbocycles. The number of aryl methyl sites for hydroxylation is 2. The van der Waals surface area contributed by atoms with E-state index in [-0.39, 0.29) is 5.82 Å². The van der Waals surface area contributed by atoms with E-state index in [1.807, 2.05) is 37.4 Å². The van der Waals surface area contributed by atoms with Crippen molar-refractivity contribution in [1.29, 1.82) is 0 Å². The third-order valence-corrected chi connectivity index (χ3v) is 9.26. The Bertz CT molecular complexity index is 1470. The molecule has 0 spiro atoms. The third-order valence-electron chi connectivity index (χ3n) is 9.26. The Morgan fingerprint density at radius 2 is 1.85 bits per heavy atom. The first-order chi connectivity index (χ1) is 20.0. The van der Waals surface area contributed by atoms with E-state index in [0.29, 0.717) is 23.2 Å². The molecule has 0 radical (unpaired) electrons. The summed E-state index contributed by atoms with van der Waals surface area (Å²) in [4.78, 5) is 20.7. The van der Waals surface area contributed by atoms with Crippen molar-refractivity contribution in [2.45, 2.75) is 71.3 Å². The van der Waals surface area contributed by atoms with Crippen LogP contribution < -0.4 is 10.6 Å². The first kappa shape index (κ1) is 27.4. The molecule has 214 valence electrons. The number of benzene rings is 1. The normalized spacial score (nSPS) is 17.3. The highest BCUT2D eigenvalue weighted by atomic mass is 19.1. The van der Waals surface area contributed by atoms with Crippen molar-refractivity contribution in [1.82, 2.24) is 24.5 Å². The topological polar surface area (TPSA) is 85.8 Å². The Balaban J connectivity index is 1.24. The Hall–Kier alpha value is -3.81. The highest BCUT2D eigenvalue weighted by Gasteiger charge is 2.29. The number of halogens is 1. The Kier molecular flexibility index (Phi) is 7.99. The number of aromatic nitrogens is 5. The van der Waals surface area contributed by atoms with Crippen molar-refractivity contribution in [3.05, 3.63) is 72.5 Å². The van der Waals surface area contributed by atoms with Crippen LogP contribution in [0.2, 0.25) is 0 Å². The maximum atomic E-state index is 14.0. The van der Waals surface area contributed by atoms with Gasteiger partial charge in [-0.25, -0.2) is 19.3 Å². The second-order valence-corrected chi connectivity index (χ2v) is 11.9. The molecular formula is C33H40FN7. The number of nitrogens with zero attached hydrogens (tertiary/aromatic N) is 6. The van der Waals surface area contributed by atoms with Crippen LogP contribution in [0.25, 0.3) is 22.4 Å². The molecule has 41 heavy (non-hydrogen) atoms. The molecule has 2 fully saturated rings. The van der Waals surface area contributed by atoms with E-state index in [2.05, 4.69) is 37.5 Å². The van der Waals surface area contributed by atoms with Crippen LogP contribution in [-0.2, 0) is 6.54 Å². The van der Waals surface area contributed by atoms with Gasteiger partial charge in [-0.1, -0.05) is 38.7 Å². The number of rotatable bonds is 8. The highest BCUT2D eigenvalue weighted by Crippen LogP contribution is 2.38. The molecule has 3 aromatic heterocycles. The van der Waals surface area contributed by atoms with Gasteiger partial charge in [-0.05, 0) is 67.9 Å². The van der Waals surface area contributed by atoms with Gasteiger partial charge in [0.25, 0.3) is 0 Å². The maximum absolute atomic E-state index is 14.0. The summed E-state index contributed by atoms with van der Waals surface area (Å²) in [5.74, 6) is 4.19. The minimum Gasteiger partial charge on any atom is -0.383 e. The van der Waals surface area contributed by atoms with Gasteiger partial charge in [0.05, 0.1) is 11.3 Å². The Morgan fingerprint density at radius 1 is 1.05 bits per heavy atom. The van der Waals surface area contributed by atoms with Gasteiger partial charge < -0.3 is 15.2 Å².